The Morgan fingerprint density at radius 2 is 1.66 bits per heavy atom. The van der Waals surface area contributed by atoms with Gasteiger partial charge in [-0.2, -0.15) is 5.10 Å². The normalized spacial score (nSPS) is 18.7. The van der Waals surface area contributed by atoms with Gasteiger partial charge in [-0.05, 0) is 104 Å². The summed E-state index contributed by atoms with van der Waals surface area (Å²) < 4.78 is 30.2. The molecule has 3 fully saturated rings. The molecule has 8 rings (SSSR count). The first kappa shape index (κ1) is 38.7. The van der Waals surface area contributed by atoms with Crippen molar-refractivity contribution in [3.05, 3.63) is 125 Å². The lowest BCUT2D eigenvalue weighted by Crippen LogP contribution is -2.47. The second kappa shape index (κ2) is 17.1. The molecule has 2 unspecified atom stereocenters. The van der Waals surface area contributed by atoms with E-state index in [0.717, 1.165) is 54.6 Å². The maximum absolute atomic E-state index is 14.7. The number of benzene rings is 3. The second-order valence-corrected chi connectivity index (χ2v) is 15.4. The van der Waals surface area contributed by atoms with Crippen LogP contribution in [-0.2, 0) is 27.2 Å². The summed E-state index contributed by atoms with van der Waals surface area (Å²) in [6.45, 7) is 2.48. The average molecular weight is 789 g/mol. The Kier molecular flexibility index (Phi) is 11.4. The highest BCUT2D eigenvalue weighted by atomic mass is 19.1. The number of rotatable bonds is 12. The fourth-order valence-electron chi connectivity index (χ4n) is 8.36. The highest BCUT2D eigenvalue weighted by molar-refractivity contribution is 6.01. The number of fused-ring (bicyclic) bond motifs is 1. The third-order valence-electron chi connectivity index (χ3n) is 11.6. The number of likely N-dealkylation sites (tertiary alicyclic amines) is 1. The van der Waals surface area contributed by atoms with Crippen LogP contribution in [0.3, 0.4) is 0 Å². The quantitative estimate of drug-likeness (QED) is 0.105. The van der Waals surface area contributed by atoms with E-state index in [9.17, 15) is 28.0 Å². The Bertz CT molecular complexity index is 2310. The molecule has 3 aromatic carbocycles. The van der Waals surface area contributed by atoms with E-state index in [4.69, 9.17) is 4.98 Å². The summed E-state index contributed by atoms with van der Waals surface area (Å²) in [7, 11) is 0. The Labute approximate surface area is 335 Å². The average Bonchev–Trinajstić information content (AvgIpc) is 3.90. The fraction of sp³-hybridized carbons (Fsp3) is 0.364. The Balaban J connectivity index is 0.773. The van der Waals surface area contributed by atoms with Gasteiger partial charge in [0.2, 0.25) is 17.7 Å². The molecule has 3 aliphatic rings. The first-order chi connectivity index (χ1) is 28.2. The molecule has 0 bridgehead atoms. The first-order valence-electron chi connectivity index (χ1n) is 20.1. The van der Waals surface area contributed by atoms with Gasteiger partial charge < -0.3 is 20.4 Å². The number of aromatic nitrogens is 3. The maximum atomic E-state index is 14.7. The van der Waals surface area contributed by atoms with E-state index in [2.05, 4.69) is 33.2 Å². The largest absolute Gasteiger partial charge is 0.374 e. The molecule has 2 aromatic heterocycles. The van der Waals surface area contributed by atoms with Gasteiger partial charge in [-0.15, -0.1) is 0 Å². The number of hydrogen-bond donors (Lipinski definition) is 3. The van der Waals surface area contributed by atoms with Crippen molar-refractivity contribution < 1.29 is 28.0 Å². The van der Waals surface area contributed by atoms with E-state index in [1.165, 1.54) is 22.3 Å². The minimum Gasteiger partial charge on any atom is -0.374 e. The van der Waals surface area contributed by atoms with Gasteiger partial charge >= 0.3 is 0 Å². The van der Waals surface area contributed by atoms with E-state index < -0.39 is 17.7 Å². The molecular weight excluding hydrogens is 743 g/mol. The Morgan fingerprint density at radius 3 is 2.43 bits per heavy atom. The number of nitrogens with one attached hydrogen (secondary N) is 3. The number of hydrogen-bond acceptors (Lipinski definition) is 8. The molecule has 3 aliphatic heterocycles. The molecule has 300 valence electrons. The molecule has 14 heteroatoms. The third kappa shape index (κ3) is 8.70. The number of carbonyl (C=O) groups excluding carboxylic acids is 4. The number of aryl methyl sites for hydroxylation is 1. The molecule has 3 N–H and O–H groups in total. The van der Waals surface area contributed by atoms with Crippen molar-refractivity contribution in [2.75, 3.05) is 36.4 Å². The van der Waals surface area contributed by atoms with Crippen LogP contribution in [-0.4, -0.2) is 75.3 Å². The molecule has 3 saturated heterocycles. The molecule has 2 atom stereocenters. The molecule has 58 heavy (non-hydrogen) atoms. The summed E-state index contributed by atoms with van der Waals surface area (Å²) in [4.78, 5) is 58.6. The highest BCUT2D eigenvalue weighted by Gasteiger charge is 2.31. The van der Waals surface area contributed by atoms with Crippen LogP contribution in [0.1, 0.15) is 89.5 Å². The molecule has 4 amide bonds. The first-order valence-corrected chi connectivity index (χ1v) is 20.1. The van der Waals surface area contributed by atoms with E-state index in [0.29, 0.717) is 86.8 Å². The molecular formula is C44H46F2N8O4. The number of imide groups is 1. The van der Waals surface area contributed by atoms with Crippen LogP contribution in [0.4, 0.5) is 20.3 Å². The van der Waals surface area contributed by atoms with Crippen molar-refractivity contribution in [2.45, 2.75) is 75.8 Å². The van der Waals surface area contributed by atoms with Crippen LogP contribution in [0.25, 0.3) is 5.65 Å². The van der Waals surface area contributed by atoms with E-state index in [-0.39, 0.29) is 29.7 Å². The fourth-order valence-corrected chi connectivity index (χ4v) is 8.36. The van der Waals surface area contributed by atoms with E-state index in [1.54, 1.807) is 12.3 Å². The molecule has 5 heterocycles. The lowest BCUT2D eigenvalue weighted by atomic mass is 9.89. The van der Waals surface area contributed by atoms with Gasteiger partial charge in [-0.3, -0.25) is 24.5 Å². The van der Waals surface area contributed by atoms with Gasteiger partial charge in [0.25, 0.3) is 5.91 Å². The molecule has 0 aliphatic carbocycles. The van der Waals surface area contributed by atoms with Crippen molar-refractivity contribution in [3.63, 3.8) is 0 Å². The minimum absolute atomic E-state index is 0.118. The zero-order chi connectivity index (χ0) is 40.2. The predicted octanol–water partition coefficient (Wildman–Crippen LogP) is 5.88. The molecule has 12 nitrogen and oxygen atoms in total. The Morgan fingerprint density at radius 1 is 0.879 bits per heavy atom. The van der Waals surface area contributed by atoms with Crippen molar-refractivity contribution in [2.24, 2.45) is 0 Å². The smallest absolute Gasteiger partial charge is 0.256 e. The van der Waals surface area contributed by atoms with Gasteiger partial charge in [0.15, 0.2) is 5.65 Å². The summed E-state index contributed by atoms with van der Waals surface area (Å²) in [6.07, 6.45) is 9.06. The third-order valence-corrected chi connectivity index (χ3v) is 11.6. The van der Waals surface area contributed by atoms with Gasteiger partial charge in [-0.1, -0.05) is 36.4 Å². The van der Waals surface area contributed by atoms with Crippen molar-refractivity contribution in [3.8, 4) is 0 Å². The van der Waals surface area contributed by atoms with Crippen molar-refractivity contribution in [1.29, 1.82) is 0 Å². The number of carbonyl (C=O) groups is 4. The second-order valence-electron chi connectivity index (χ2n) is 15.4. The van der Waals surface area contributed by atoms with Gasteiger partial charge in [0.05, 0.1) is 18.7 Å². The number of nitrogens with zero attached hydrogens (tertiary/aromatic N) is 5. The van der Waals surface area contributed by atoms with E-state index >= 15 is 0 Å². The number of halogens is 2. The highest BCUT2D eigenvalue weighted by Crippen LogP contribution is 2.37. The van der Waals surface area contributed by atoms with Crippen molar-refractivity contribution in [1.82, 2.24) is 30.1 Å². The van der Waals surface area contributed by atoms with Crippen molar-refractivity contribution >= 4 is 40.8 Å². The lowest BCUT2D eigenvalue weighted by Gasteiger charge is -2.32. The topological polar surface area (TPSA) is 141 Å². The van der Waals surface area contributed by atoms with Gasteiger partial charge in [-0.25, -0.2) is 18.3 Å². The van der Waals surface area contributed by atoms with E-state index in [1.807, 2.05) is 46.2 Å². The summed E-state index contributed by atoms with van der Waals surface area (Å²) in [5, 5.41) is 12.9. The maximum Gasteiger partial charge on any atom is 0.256 e. The standard InChI is InChI=1S/C44H46F2N8O4/c45-32-11-14-36(46)34(26-32)38-4-2-21-53(38)39-19-24-54-42(50-39)35(27-48-54)43(57)47-20-1-3-28-5-7-29(8-6-28)25-41(56)52-22-17-31(18-23-52)30-9-12-33(13-10-30)49-37-15-16-40(55)51-44(37)58/h5-14,19,24,26-27,31,37-38,49H,1-4,15-18,20-23,25H2,(H,47,57)(H,51,55,58). The summed E-state index contributed by atoms with van der Waals surface area (Å²) >= 11 is 0. The van der Waals surface area contributed by atoms with Crippen LogP contribution in [0, 0.1) is 11.6 Å². The van der Waals surface area contributed by atoms with Gasteiger partial charge in [0.1, 0.15) is 29.1 Å². The summed E-state index contributed by atoms with van der Waals surface area (Å²) in [6, 6.07) is 20.7. The van der Waals surface area contributed by atoms with Crippen LogP contribution in [0.5, 0.6) is 0 Å². The molecule has 5 aromatic rings. The predicted molar refractivity (Wildman–Crippen MR) is 214 cm³/mol. The molecule has 0 saturated carbocycles. The van der Waals surface area contributed by atoms with Crippen LogP contribution < -0.4 is 20.9 Å². The van der Waals surface area contributed by atoms with Gasteiger partial charge in [0, 0.05) is 50.0 Å². The number of piperidine rings is 2. The zero-order valence-electron chi connectivity index (χ0n) is 32.1. The summed E-state index contributed by atoms with van der Waals surface area (Å²) in [5.74, 6) is -0.701. The number of anilines is 2. The Hall–Kier alpha value is -6.18. The SMILES string of the molecule is O=C1CCC(Nc2ccc(C3CCN(C(=O)Cc4ccc(CCCNC(=O)c5cnn6ccc(N7CCCC7c7cc(F)ccc7F)nc56)cc4)CC3)cc2)C(=O)N1. The van der Waals surface area contributed by atoms with Crippen LogP contribution >= 0.6 is 0 Å². The zero-order valence-corrected chi connectivity index (χ0v) is 32.1. The van der Waals surface area contributed by atoms with Crippen LogP contribution in [0.2, 0.25) is 0 Å². The molecule has 0 spiro atoms. The molecule has 0 radical (unpaired) electrons. The number of amides is 4. The lowest BCUT2D eigenvalue weighted by molar-refractivity contribution is -0.134. The van der Waals surface area contributed by atoms with Crippen LogP contribution in [0.15, 0.2) is 85.2 Å². The monoisotopic (exact) mass is 788 g/mol. The minimum atomic E-state index is -0.486. The summed E-state index contributed by atoms with van der Waals surface area (Å²) in [5.41, 5.74) is 5.16.